The van der Waals surface area contributed by atoms with Crippen molar-refractivity contribution < 1.29 is 4.79 Å². The second-order valence-electron chi connectivity index (χ2n) is 7.06. The van der Waals surface area contributed by atoms with E-state index in [1.54, 1.807) is 11.8 Å². The third kappa shape index (κ3) is 6.12. The summed E-state index contributed by atoms with van der Waals surface area (Å²) in [6, 6.07) is 17.3. The lowest BCUT2D eigenvalue weighted by Gasteiger charge is -2.15. The molecule has 1 heterocycles. The Balaban J connectivity index is 1.61. The zero-order valence-corrected chi connectivity index (χ0v) is 17.1. The summed E-state index contributed by atoms with van der Waals surface area (Å²) in [5.74, 6) is 2.08. The third-order valence-corrected chi connectivity index (χ3v) is 5.94. The van der Waals surface area contributed by atoms with Crippen LogP contribution >= 0.6 is 11.8 Å². The zero-order valence-electron chi connectivity index (χ0n) is 16.2. The van der Waals surface area contributed by atoms with Gasteiger partial charge >= 0.3 is 0 Å². The van der Waals surface area contributed by atoms with Gasteiger partial charge in [0.2, 0.25) is 5.91 Å². The maximum atomic E-state index is 12.0. The second kappa shape index (κ2) is 10.5. The highest BCUT2D eigenvalue weighted by Gasteiger charge is 2.12. The third-order valence-electron chi connectivity index (χ3n) is 5.04. The first-order valence-corrected chi connectivity index (χ1v) is 11.2. The summed E-state index contributed by atoms with van der Waals surface area (Å²) in [6.45, 7) is 6.20. The molecule has 1 amide bonds. The van der Waals surface area contributed by atoms with Crippen LogP contribution in [0.25, 0.3) is 11.1 Å². The van der Waals surface area contributed by atoms with Gasteiger partial charge in [0.1, 0.15) is 0 Å². The number of carbonyl (C=O) groups excluding carboxylic acids is 1. The van der Waals surface area contributed by atoms with E-state index in [-0.39, 0.29) is 5.91 Å². The first-order valence-electron chi connectivity index (χ1n) is 10.0. The monoisotopic (exact) mass is 382 g/mol. The van der Waals surface area contributed by atoms with E-state index in [9.17, 15) is 4.79 Å². The minimum atomic E-state index is 0.131. The fraction of sp³-hybridized carbons (Fsp3) is 0.435. The minimum absolute atomic E-state index is 0.131. The number of nitrogens with zero attached hydrogens (tertiary/aromatic N) is 1. The van der Waals surface area contributed by atoms with Crippen LogP contribution in [0.15, 0.2) is 48.5 Å². The molecule has 0 radical (unpaired) electrons. The fourth-order valence-corrected chi connectivity index (χ4v) is 4.15. The molecule has 0 aromatic heterocycles. The van der Waals surface area contributed by atoms with Crippen LogP contribution in [0.4, 0.5) is 0 Å². The van der Waals surface area contributed by atoms with Crippen LogP contribution in [0.2, 0.25) is 0 Å². The van der Waals surface area contributed by atoms with Crippen molar-refractivity contribution in [2.75, 3.05) is 24.6 Å². The predicted octanol–water partition coefficient (Wildman–Crippen LogP) is 4.71. The standard InChI is InChI=1S/C23H30N2OS/c1-2-27-16-13-23(26)24-17-21-7-3-4-8-22(21)20-11-9-19(10-12-20)18-25-14-5-6-15-25/h3-4,7-12H,2,5-6,13-18H2,1H3,(H,24,26). The number of rotatable bonds is 9. The Hall–Kier alpha value is -1.78. The van der Waals surface area contributed by atoms with Crippen molar-refractivity contribution >= 4 is 17.7 Å². The van der Waals surface area contributed by atoms with Gasteiger partial charge in [-0.3, -0.25) is 9.69 Å². The molecule has 1 N–H and O–H groups in total. The molecular formula is C23H30N2OS. The topological polar surface area (TPSA) is 32.3 Å². The van der Waals surface area contributed by atoms with Gasteiger partial charge in [0.05, 0.1) is 0 Å². The lowest BCUT2D eigenvalue weighted by Crippen LogP contribution is -2.23. The fourth-order valence-electron chi connectivity index (χ4n) is 3.54. The Morgan fingerprint density at radius 1 is 1.07 bits per heavy atom. The van der Waals surface area contributed by atoms with Crippen molar-refractivity contribution in [3.63, 3.8) is 0 Å². The van der Waals surface area contributed by atoms with Gasteiger partial charge in [0, 0.05) is 25.3 Å². The second-order valence-corrected chi connectivity index (χ2v) is 8.45. The van der Waals surface area contributed by atoms with E-state index in [1.807, 2.05) is 6.07 Å². The highest BCUT2D eigenvalue weighted by Crippen LogP contribution is 2.25. The number of nitrogens with one attached hydrogen (secondary N) is 1. The summed E-state index contributed by atoms with van der Waals surface area (Å²) in [5.41, 5.74) is 4.96. The first-order chi connectivity index (χ1) is 13.3. The molecule has 3 rings (SSSR count). The number of benzene rings is 2. The van der Waals surface area contributed by atoms with Crippen molar-refractivity contribution in [2.24, 2.45) is 0 Å². The van der Waals surface area contributed by atoms with Crippen LogP contribution in [-0.4, -0.2) is 35.4 Å². The summed E-state index contributed by atoms with van der Waals surface area (Å²) >= 11 is 1.81. The summed E-state index contributed by atoms with van der Waals surface area (Å²) in [6.07, 6.45) is 3.24. The number of likely N-dealkylation sites (tertiary alicyclic amines) is 1. The molecule has 0 spiro atoms. The Kier molecular flexibility index (Phi) is 7.79. The highest BCUT2D eigenvalue weighted by atomic mass is 32.2. The first kappa shape index (κ1) is 20.0. The normalized spacial score (nSPS) is 14.4. The minimum Gasteiger partial charge on any atom is -0.352 e. The van der Waals surface area contributed by atoms with Gasteiger partial charge in [-0.05, 0) is 53.9 Å². The van der Waals surface area contributed by atoms with Crippen molar-refractivity contribution in [2.45, 2.75) is 39.3 Å². The lowest BCUT2D eigenvalue weighted by molar-refractivity contribution is -0.120. The molecule has 1 fully saturated rings. The molecule has 144 valence electrons. The van der Waals surface area contributed by atoms with Crippen LogP contribution in [0.5, 0.6) is 0 Å². The Bertz CT molecular complexity index is 723. The van der Waals surface area contributed by atoms with Crippen molar-refractivity contribution in [3.05, 3.63) is 59.7 Å². The van der Waals surface area contributed by atoms with Gasteiger partial charge in [0.25, 0.3) is 0 Å². The van der Waals surface area contributed by atoms with Crippen molar-refractivity contribution in [1.29, 1.82) is 0 Å². The van der Waals surface area contributed by atoms with Gasteiger partial charge in [-0.1, -0.05) is 55.5 Å². The van der Waals surface area contributed by atoms with E-state index in [0.717, 1.165) is 18.1 Å². The van der Waals surface area contributed by atoms with Gasteiger partial charge < -0.3 is 5.32 Å². The molecule has 0 saturated carbocycles. The van der Waals surface area contributed by atoms with E-state index < -0.39 is 0 Å². The smallest absolute Gasteiger partial charge is 0.221 e. The molecule has 0 bridgehead atoms. The largest absolute Gasteiger partial charge is 0.352 e. The summed E-state index contributed by atoms with van der Waals surface area (Å²) < 4.78 is 0. The summed E-state index contributed by atoms with van der Waals surface area (Å²) in [4.78, 5) is 14.5. The highest BCUT2D eigenvalue weighted by molar-refractivity contribution is 7.99. The van der Waals surface area contributed by atoms with E-state index in [4.69, 9.17) is 0 Å². The molecule has 2 aromatic rings. The predicted molar refractivity (Wildman–Crippen MR) is 116 cm³/mol. The Morgan fingerprint density at radius 3 is 2.56 bits per heavy atom. The number of hydrogen-bond donors (Lipinski definition) is 1. The van der Waals surface area contributed by atoms with Crippen LogP contribution in [0.1, 0.15) is 37.3 Å². The molecule has 1 saturated heterocycles. The SMILES string of the molecule is CCSCCC(=O)NCc1ccccc1-c1ccc(CN2CCCC2)cc1. The zero-order chi connectivity index (χ0) is 18.9. The Labute approximate surface area is 167 Å². The average Bonchev–Trinajstić information content (AvgIpc) is 3.20. The molecule has 1 aliphatic heterocycles. The molecule has 3 nitrogen and oxygen atoms in total. The molecule has 2 aromatic carbocycles. The van der Waals surface area contributed by atoms with Gasteiger partial charge in [-0.25, -0.2) is 0 Å². The number of amides is 1. The Morgan fingerprint density at radius 2 is 1.81 bits per heavy atom. The van der Waals surface area contributed by atoms with E-state index in [0.29, 0.717) is 13.0 Å². The molecule has 27 heavy (non-hydrogen) atoms. The van der Waals surface area contributed by atoms with Crippen LogP contribution in [-0.2, 0) is 17.9 Å². The van der Waals surface area contributed by atoms with Crippen molar-refractivity contribution in [1.82, 2.24) is 10.2 Å². The van der Waals surface area contributed by atoms with E-state index in [1.165, 1.54) is 48.2 Å². The molecule has 0 aliphatic carbocycles. The van der Waals surface area contributed by atoms with Crippen LogP contribution in [0.3, 0.4) is 0 Å². The molecule has 1 aliphatic rings. The molecule has 0 atom stereocenters. The number of hydrogen-bond acceptors (Lipinski definition) is 3. The number of thioether (sulfide) groups is 1. The van der Waals surface area contributed by atoms with E-state index in [2.05, 4.69) is 59.6 Å². The van der Waals surface area contributed by atoms with Gasteiger partial charge in [0.15, 0.2) is 0 Å². The van der Waals surface area contributed by atoms with Crippen molar-refractivity contribution in [3.8, 4) is 11.1 Å². The van der Waals surface area contributed by atoms with Gasteiger partial charge in [-0.15, -0.1) is 0 Å². The van der Waals surface area contributed by atoms with E-state index >= 15 is 0 Å². The quantitative estimate of drug-likeness (QED) is 0.638. The molecule has 0 unspecified atom stereocenters. The number of carbonyl (C=O) groups is 1. The summed E-state index contributed by atoms with van der Waals surface area (Å²) in [7, 11) is 0. The maximum Gasteiger partial charge on any atom is 0.221 e. The average molecular weight is 383 g/mol. The van der Waals surface area contributed by atoms with Crippen LogP contribution < -0.4 is 5.32 Å². The summed E-state index contributed by atoms with van der Waals surface area (Å²) in [5, 5.41) is 3.07. The van der Waals surface area contributed by atoms with Crippen LogP contribution in [0, 0.1) is 0 Å². The molecule has 4 heteroatoms. The molecular weight excluding hydrogens is 352 g/mol. The lowest BCUT2D eigenvalue weighted by atomic mass is 9.98. The maximum absolute atomic E-state index is 12.0. The van der Waals surface area contributed by atoms with Gasteiger partial charge in [-0.2, -0.15) is 11.8 Å².